The van der Waals surface area contributed by atoms with Gasteiger partial charge in [-0.05, 0) is 6.92 Å². The Bertz CT molecular complexity index is 220. The van der Waals surface area contributed by atoms with E-state index in [0.717, 1.165) is 0 Å². The standard InChI is InChI=1S/C9H18O7/c1-4(16-2)6(12)8(14)9(15)7(13)5(11)3-10/h4-5,7-11,13-15H,3H2,1-2H3. The quantitative estimate of drug-likeness (QED) is 0.320. The van der Waals surface area contributed by atoms with Gasteiger partial charge in [-0.3, -0.25) is 4.79 Å². The predicted molar refractivity (Wildman–Crippen MR) is 52.6 cm³/mol. The first-order valence-corrected chi connectivity index (χ1v) is 4.76. The molecule has 0 spiro atoms. The molecule has 16 heavy (non-hydrogen) atoms. The molecule has 0 aliphatic heterocycles. The van der Waals surface area contributed by atoms with Crippen LogP contribution in [0.4, 0.5) is 0 Å². The molecular formula is C9H18O7. The van der Waals surface area contributed by atoms with Gasteiger partial charge in [0, 0.05) is 7.11 Å². The summed E-state index contributed by atoms with van der Waals surface area (Å²) in [5, 5.41) is 45.5. The van der Waals surface area contributed by atoms with Gasteiger partial charge in [-0.1, -0.05) is 0 Å². The molecule has 0 aliphatic carbocycles. The van der Waals surface area contributed by atoms with Crippen molar-refractivity contribution in [3.8, 4) is 0 Å². The minimum atomic E-state index is -1.88. The lowest BCUT2D eigenvalue weighted by Crippen LogP contribution is -2.50. The number of carbonyl (C=O) groups is 1. The van der Waals surface area contributed by atoms with Crippen molar-refractivity contribution in [2.45, 2.75) is 37.4 Å². The molecule has 0 heterocycles. The number of rotatable bonds is 7. The second-order valence-electron chi connectivity index (χ2n) is 3.46. The van der Waals surface area contributed by atoms with Gasteiger partial charge in [0.25, 0.3) is 0 Å². The van der Waals surface area contributed by atoms with Crippen molar-refractivity contribution in [1.29, 1.82) is 0 Å². The van der Waals surface area contributed by atoms with Crippen LogP contribution in [0.2, 0.25) is 0 Å². The molecule has 0 amide bonds. The number of aliphatic hydroxyl groups is 5. The maximum Gasteiger partial charge on any atom is 0.192 e. The molecule has 5 N–H and O–H groups in total. The molecule has 5 unspecified atom stereocenters. The van der Waals surface area contributed by atoms with E-state index in [0.29, 0.717) is 0 Å². The van der Waals surface area contributed by atoms with Crippen molar-refractivity contribution in [2.75, 3.05) is 13.7 Å². The van der Waals surface area contributed by atoms with Gasteiger partial charge in [-0.25, -0.2) is 0 Å². The maximum absolute atomic E-state index is 11.3. The third kappa shape index (κ3) is 3.78. The van der Waals surface area contributed by atoms with Crippen LogP contribution in [0.1, 0.15) is 6.92 Å². The van der Waals surface area contributed by atoms with Gasteiger partial charge >= 0.3 is 0 Å². The lowest BCUT2D eigenvalue weighted by Gasteiger charge is -2.25. The monoisotopic (exact) mass is 238 g/mol. The minimum absolute atomic E-state index is 0.793. The van der Waals surface area contributed by atoms with Crippen LogP contribution < -0.4 is 0 Å². The van der Waals surface area contributed by atoms with Crippen LogP contribution in [0.15, 0.2) is 0 Å². The molecule has 0 bridgehead atoms. The zero-order valence-electron chi connectivity index (χ0n) is 9.15. The van der Waals surface area contributed by atoms with Gasteiger partial charge in [0.15, 0.2) is 5.78 Å². The van der Waals surface area contributed by atoms with Gasteiger partial charge in [-0.15, -0.1) is 0 Å². The average Bonchev–Trinajstić information content (AvgIpc) is 2.32. The highest BCUT2D eigenvalue weighted by Gasteiger charge is 2.35. The number of Topliss-reactive ketones (excluding diaryl/α,β-unsaturated/α-hetero) is 1. The second kappa shape index (κ2) is 6.89. The number of hydrogen-bond donors (Lipinski definition) is 5. The lowest BCUT2D eigenvalue weighted by atomic mass is 9.98. The van der Waals surface area contributed by atoms with E-state index < -0.39 is 42.9 Å². The first-order chi connectivity index (χ1) is 7.36. The van der Waals surface area contributed by atoms with Crippen molar-refractivity contribution < 1.29 is 35.1 Å². The van der Waals surface area contributed by atoms with Crippen LogP contribution in [0.3, 0.4) is 0 Å². The summed E-state index contributed by atoms with van der Waals surface area (Å²) in [4.78, 5) is 11.3. The van der Waals surface area contributed by atoms with Crippen molar-refractivity contribution >= 4 is 5.78 Å². The van der Waals surface area contributed by atoms with Gasteiger partial charge in [0.05, 0.1) is 6.61 Å². The summed E-state index contributed by atoms with van der Waals surface area (Å²) in [5.74, 6) is -0.820. The third-order valence-electron chi connectivity index (χ3n) is 2.30. The smallest absolute Gasteiger partial charge is 0.192 e. The Balaban J connectivity index is 4.48. The Labute approximate surface area is 92.9 Å². The second-order valence-corrected chi connectivity index (χ2v) is 3.46. The summed E-state index contributed by atoms with van der Waals surface area (Å²) in [5.41, 5.74) is 0. The fourth-order valence-corrected chi connectivity index (χ4v) is 1.05. The van der Waals surface area contributed by atoms with E-state index in [1.165, 1.54) is 14.0 Å². The van der Waals surface area contributed by atoms with Crippen LogP contribution >= 0.6 is 0 Å². The molecule has 7 heteroatoms. The zero-order valence-corrected chi connectivity index (χ0v) is 9.15. The molecule has 7 nitrogen and oxygen atoms in total. The number of ketones is 1. The van der Waals surface area contributed by atoms with Gasteiger partial charge in [0.1, 0.15) is 30.5 Å². The fraction of sp³-hybridized carbons (Fsp3) is 0.889. The lowest BCUT2D eigenvalue weighted by molar-refractivity contribution is -0.154. The first-order valence-electron chi connectivity index (χ1n) is 4.76. The van der Waals surface area contributed by atoms with E-state index in [1.807, 2.05) is 0 Å². The summed E-state index contributed by atoms with van der Waals surface area (Å²) in [6.07, 6.45) is -8.15. The van der Waals surface area contributed by atoms with Crippen molar-refractivity contribution in [1.82, 2.24) is 0 Å². The maximum atomic E-state index is 11.3. The normalized spacial score (nSPS) is 20.9. The highest BCUT2D eigenvalue weighted by molar-refractivity contribution is 5.87. The summed E-state index contributed by atoms with van der Waals surface area (Å²) >= 11 is 0. The van der Waals surface area contributed by atoms with Crippen LogP contribution in [-0.2, 0) is 9.53 Å². The molecule has 0 radical (unpaired) electrons. The Morgan fingerprint density at radius 2 is 1.69 bits per heavy atom. The molecular weight excluding hydrogens is 220 g/mol. The molecule has 0 aromatic heterocycles. The SMILES string of the molecule is COC(C)C(=O)C(O)C(O)C(O)C(O)CO. The molecule has 0 rings (SSSR count). The van der Waals surface area contributed by atoms with E-state index in [9.17, 15) is 20.1 Å². The predicted octanol–water partition coefficient (Wildman–Crippen LogP) is -2.97. The van der Waals surface area contributed by atoms with E-state index in [1.54, 1.807) is 0 Å². The zero-order chi connectivity index (χ0) is 12.9. The highest BCUT2D eigenvalue weighted by atomic mass is 16.5. The van der Waals surface area contributed by atoms with Crippen LogP contribution in [0, 0.1) is 0 Å². The third-order valence-corrected chi connectivity index (χ3v) is 2.30. The summed E-state index contributed by atoms with van der Waals surface area (Å²) in [6.45, 7) is 0.575. The Morgan fingerprint density at radius 3 is 2.06 bits per heavy atom. The van der Waals surface area contributed by atoms with E-state index in [-0.39, 0.29) is 0 Å². The molecule has 0 fully saturated rings. The van der Waals surface area contributed by atoms with Gasteiger partial charge in [-0.2, -0.15) is 0 Å². The Hall–Kier alpha value is -0.570. The number of ether oxygens (including phenoxy) is 1. The number of aliphatic hydroxyl groups excluding tert-OH is 5. The van der Waals surface area contributed by atoms with E-state index in [2.05, 4.69) is 4.74 Å². The summed E-state index contributed by atoms with van der Waals surface area (Å²) in [7, 11) is 1.25. The minimum Gasteiger partial charge on any atom is -0.394 e. The van der Waals surface area contributed by atoms with Crippen molar-refractivity contribution in [3.05, 3.63) is 0 Å². The molecule has 5 atom stereocenters. The van der Waals surface area contributed by atoms with Gasteiger partial charge < -0.3 is 30.3 Å². The van der Waals surface area contributed by atoms with Crippen LogP contribution in [0.5, 0.6) is 0 Å². The number of carbonyl (C=O) groups excluding carboxylic acids is 1. The van der Waals surface area contributed by atoms with Crippen molar-refractivity contribution in [3.63, 3.8) is 0 Å². The van der Waals surface area contributed by atoms with E-state index >= 15 is 0 Å². The molecule has 96 valence electrons. The average molecular weight is 238 g/mol. The number of methoxy groups -OCH3 is 1. The Kier molecular flexibility index (Phi) is 6.65. The summed E-state index contributed by atoms with van der Waals surface area (Å²) in [6, 6.07) is 0. The number of hydrogen-bond acceptors (Lipinski definition) is 7. The highest BCUT2D eigenvalue weighted by Crippen LogP contribution is 2.08. The van der Waals surface area contributed by atoms with Crippen LogP contribution in [0.25, 0.3) is 0 Å². The van der Waals surface area contributed by atoms with E-state index in [4.69, 9.17) is 10.2 Å². The molecule has 0 aliphatic rings. The fourth-order valence-electron chi connectivity index (χ4n) is 1.05. The molecule has 0 aromatic rings. The molecule has 0 saturated carbocycles. The molecule has 0 aromatic carbocycles. The van der Waals surface area contributed by atoms with Crippen molar-refractivity contribution in [2.24, 2.45) is 0 Å². The Morgan fingerprint density at radius 1 is 1.19 bits per heavy atom. The topological polar surface area (TPSA) is 127 Å². The first kappa shape index (κ1) is 15.4. The van der Waals surface area contributed by atoms with Gasteiger partial charge in [0.2, 0.25) is 0 Å². The largest absolute Gasteiger partial charge is 0.394 e. The summed E-state index contributed by atoms with van der Waals surface area (Å²) < 4.78 is 4.64. The van der Waals surface area contributed by atoms with Crippen LogP contribution in [-0.4, -0.2) is 75.6 Å². The molecule has 0 saturated heterocycles.